The van der Waals surface area contributed by atoms with Crippen molar-refractivity contribution < 1.29 is 10.2 Å². The van der Waals surface area contributed by atoms with Crippen LogP contribution >= 0.6 is 0 Å². The molecule has 0 fully saturated rings. The number of rotatable bonds is 4. The van der Waals surface area contributed by atoms with Crippen LogP contribution in [0.2, 0.25) is 0 Å². The molecular weight excluding hydrogens is 164 g/mol. The lowest BCUT2D eigenvalue weighted by Gasteiger charge is -2.17. The van der Waals surface area contributed by atoms with Crippen molar-refractivity contribution in [1.29, 1.82) is 0 Å². The van der Waals surface area contributed by atoms with Crippen LogP contribution in [0.3, 0.4) is 0 Å². The first kappa shape index (κ1) is 10.2. The van der Waals surface area contributed by atoms with E-state index in [-0.39, 0.29) is 12.5 Å². The molecule has 2 N–H and O–H groups in total. The first-order valence-electron chi connectivity index (χ1n) is 4.59. The van der Waals surface area contributed by atoms with E-state index < -0.39 is 6.10 Å². The minimum absolute atomic E-state index is 0.0400. The predicted molar refractivity (Wildman–Crippen MR) is 52.6 cm³/mol. The number of hydrogen-bond donors (Lipinski definition) is 2. The fourth-order valence-electron chi connectivity index (χ4n) is 1.36. The van der Waals surface area contributed by atoms with Crippen LogP contribution in [0.15, 0.2) is 30.3 Å². The number of aliphatic hydroxyl groups excluding tert-OH is 2. The summed E-state index contributed by atoms with van der Waals surface area (Å²) in [5.74, 6) is 0.0911. The maximum absolute atomic E-state index is 9.61. The number of hydrogen-bond acceptors (Lipinski definition) is 2. The topological polar surface area (TPSA) is 40.5 Å². The number of benzene rings is 1. The molecule has 1 rings (SSSR count). The van der Waals surface area contributed by atoms with E-state index in [4.69, 9.17) is 5.11 Å². The van der Waals surface area contributed by atoms with E-state index in [1.54, 1.807) is 0 Å². The van der Waals surface area contributed by atoms with Crippen LogP contribution in [0.1, 0.15) is 24.8 Å². The van der Waals surface area contributed by atoms with Gasteiger partial charge in [-0.15, -0.1) is 0 Å². The molecule has 2 nitrogen and oxygen atoms in total. The molecule has 0 aliphatic carbocycles. The van der Waals surface area contributed by atoms with Gasteiger partial charge in [-0.25, -0.2) is 0 Å². The standard InChI is InChI=1S/C11H16O2/c1-9(11(13)7-8-12)10-5-3-2-4-6-10/h2-6,9,11-13H,7-8H2,1H3/t9?,11-/m1/s1. The summed E-state index contributed by atoms with van der Waals surface area (Å²) in [6, 6.07) is 9.85. The Balaban J connectivity index is 2.62. The Kier molecular flexibility index (Phi) is 3.93. The van der Waals surface area contributed by atoms with Crippen molar-refractivity contribution in [3.63, 3.8) is 0 Å². The molecule has 72 valence electrons. The highest BCUT2D eigenvalue weighted by molar-refractivity contribution is 5.19. The molecule has 2 heteroatoms. The molecule has 0 radical (unpaired) electrons. The quantitative estimate of drug-likeness (QED) is 0.737. The third-order valence-corrected chi connectivity index (χ3v) is 2.33. The Labute approximate surface area is 78.8 Å². The minimum atomic E-state index is -0.451. The van der Waals surface area contributed by atoms with Gasteiger partial charge in [-0.1, -0.05) is 37.3 Å². The van der Waals surface area contributed by atoms with Gasteiger partial charge >= 0.3 is 0 Å². The van der Waals surface area contributed by atoms with E-state index in [2.05, 4.69) is 0 Å². The molecule has 0 saturated heterocycles. The highest BCUT2D eigenvalue weighted by Crippen LogP contribution is 2.20. The molecule has 1 aromatic carbocycles. The van der Waals surface area contributed by atoms with E-state index in [0.717, 1.165) is 5.56 Å². The van der Waals surface area contributed by atoms with Gasteiger partial charge in [0.05, 0.1) is 6.10 Å². The molecule has 0 aliphatic heterocycles. The summed E-state index contributed by atoms with van der Waals surface area (Å²) in [6.45, 7) is 2.01. The maximum Gasteiger partial charge on any atom is 0.0627 e. The molecule has 0 heterocycles. The van der Waals surface area contributed by atoms with Crippen LogP contribution in [0.4, 0.5) is 0 Å². The molecule has 13 heavy (non-hydrogen) atoms. The van der Waals surface area contributed by atoms with E-state index in [0.29, 0.717) is 6.42 Å². The van der Waals surface area contributed by atoms with Crippen LogP contribution in [0.25, 0.3) is 0 Å². The van der Waals surface area contributed by atoms with Crippen molar-refractivity contribution in [2.75, 3.05) is 6.61 Å². The molecule has 0 amide bonds. The second kappa shape index (κ2) is 5.00. The SMILES string of the molecule is CC(c1ccccc1)[C@H](O)CCO. The van der Waals surface area contributed by atoms with Gasteiger partial charge in [0.15, 0.2) is 0 Å². The molecule has 0 spiro atoms. The third kappa shape index (κ3) is 2.83. The monoisotopic (exact) mass is 180 g/mol. The smallest absolute Gasteiger partial charge is 0.0627 e. The normalized spacial score (nSPS) is 15.3. The van der Waals surface area contributed by atoms with Crippen molar-refractivity contribution in [3.8, 4) is 0 Å². The average Bonchev–Trinajstić information content (AvgIpc) is 2.18. The first-order chi connectivity index (χ1) is 6.25. The summed E-state index contributed by atoms with van der Waals surface area (Å²) in [7, 11) is 0. The molecule has 1 aromatic rings. The summed E-state index contributed by atoms with van der Waals surface area (Å²) in [4.78, 5) is 0. The molecular formula is C11H16O2. The van der Waals surface area contributed by atoms with Gasteiger partial charge in [-0.2, -0.15) is 0 Å². The van der Waals surface area contributed by atoms with Gasteiger partial charge in [-0.3, -0.25) is 0 Å². The average molecular weight is 180 g/mol. The van der Waals surface area contributed by atoms with Gasteiger partial charge in [0.1, 0.15) is 0 Å². The zero-order chi connectivity index (χ0) is 9.68. The first-order valence-corrected chi connectivity index (χ1v) is 4.59. The van der Waals surface area contributed by atoms with Crippen molar-refractivity contribution in [1.82, 2.24) is 0 Å². The zero-order valence-corrected chi connectivity index (χ0v) is 7.85. The Morgan fingerprint density at radius 2 is 1.85 bits per heavy atom. The zero-order valence-electron chi connectivity index (χ0n) is 7.85. The van der Waals surface area contributed by atoms with Crippen LogP contribution in [0, 0.1) is 0 Å². The Hall–Kier alpha value is -0.860. The highest BCUT2D eigenvalue weighted by Gasteiger charge is 2.14. The fraction of sp³-hybridized carbons (Fsp3) is 0.455. The van der Waals surface area contributed by atoms with Gasteiger partial charge in [-0.05, 0) is 12.0 Å². The number of aliphatic hydroxyl groups is 2. The Bertz CT molecular complexity index is 233. The lowest BCUT2D eigenvalue weighted by Crippen LogP contribution is -2.17. The van der Waals surface area contributed by atoms with E-state index in [1.807, 2.05) is 37.3 Å². The molecule has 2 atom stereocenters. The molecule has 0 aromatic heterocycles. The van der Waals surface area contributed by atoms with Crippen LogP contribution < -0.4 is 0 Å². The summed E-state index contributed by atoms with van der Waals surface area (Å²) >= 11 is 0. The molecule has 0 saturated carbocycles. The lowest BCUT2D eigenvalue weighted by molar-refractivity contribution is 0.113. The summed E-state index contributed by atoms with van der Waals surface area (Å²) in [5, 5.41) is 18.3. The summed E-state index contributed by atoms with van der Waals surface area (Å²) in [6.07, 6.45) is -0.0109. The summed E-state index contributed by atoms with van der Waals surface area (Å²) < 4.78 is 0. The fourth-order valence-corrected chi connectivity index (χ4v) is 1.36. The van der Waals surface area contributed by atoms with Crippen LogP contribution in [0.5, 0.6) is 0 Å². The van der Waals surface area contributed by atoms with Crippen molar-refractivity contribution >= 4 is 0 Å². The molecule has 0 aliphatic rings. The van der Waals surface area contributed by atoms with E-state index >= 15 is 0 Å². The lowest BCUT2D eigenvalue weighted by atomic mass is 9.94. The van der Waals surface area contributed by atoms with Gasteiger partial charge in [0.2, 0.25) is 0 Å². The summed E-state index contributed by atoms with van der Waals surface area (Å²) in [5.41, 5.74) is 1.11. The van der Waals surface area contributed by atoms with Crippen LogP contribution in [-0.2, 0) is 0 Å². The highest BCUT2D eigenvalue weighted by atomic mass is 16.3. The van der Waals surface area contributed by atoms with Gasteiger partial charge in [0, 0.05) is 12.5 Å². The Morgan fingerprint density at radius 3 is 2.38 bits per heavy atom. The van der Waals surface area contributed by atoms with Gasteiger partial charge in [0.25, 0.3) is 0 Å². The van der Waals surface area contributed by atoms with Crippen molar-refractivity contribution in [2.24, 2.45) is 0 Å². The van der Waals surface area contributed by atoms with Crippen LogP contribution in [-0.4, -0.2) is 22.9 Å². The predicted octanol–water partition coefficient (Wildman–Crippen LogP) is 1.53. The van der Waals surface area contributed by atoms with Gasteiger partial charge < -0.3 is 10.2 Å². The second-order valence-electron chi connectivity index (χ2n) is 3.28. The third-order valence-electron chi connectivity index (χ3n) is 2.33. The second-order valence-corrected chi connectivity index (χ2v) is 3.28. The largest absolute Gasteiger partial charge is 0.396 e. The maximum atomic E-state index is 9.61. The van der Waals surface area contributed by atoms with Crippen molar-refractivity contribution in [3.05, 3.63) is 35.9 Å². The van der Waals surface area contributed by atoms with E-state index in [9.17, 15) is 5.11 Å². The molecule has 1 unspecified atom stereocenters. The minimum Gasteiger partial charge on any atom is -0.396 e. The van der Waals surface area contributed by atoms with E-state index in [1.165, 1.54) is 0 Å². The Morgan fingerprint density at radius 1 is 1.23 bits per heavy atom. The van der Waals surface area contributed by atoms with Crippen molar-refractivity contribution in [2.45, 2.75) is 25.4 Å². The molecule has 0 bridgehead atoms.